The third-order valence-electron chi connectivity index (χ3n) is 9.51. The molecule has 2 aliphatic rings. The highest BCUT2D eigenvalue weighted by Crippen LogP contribution is 2.35. The van der Waals surface area contributed by atoms with Crippen molar-refractivity contribution >= 4 is 54.7 Å². The highest BCUT2D eigenvalue weighted by molar-refractivity contribution is 8.27. The number of nitrogens with zero attached hydrogens (tertiary/aromatic N) is 1. The summed E-state index contributed by atoms with van der Waals surface area (Å²) in [6, 6.07) is 4.46. The van der Waals surface area contributed by atoms with Crippen molar-refractivity contribution in [3.05, 3.63) is 30.3 Å². The molecule has 1 aliphatic heterocycles. The molecule has 0 spiro atoms. The van der Waals surface area contributed by atoms with Gasteiger partial charge in [0.1, 0.15) is 12.1 Å². The Morgan fingerprint density at radius 2 is 1.57 bits per heavy atom. The summed E-state index contributed by atoms with van der Waals surface area (Å²) in [5.74, 6) is -2.37. The molecule has 274 valence electrons. The summed E-state index contributed by atoms with van der Waals surface area (Å²) in [5.41, 5.74) is 3.87. The summed E-state index contributed by atoms with van der Waals surface area (Å²) in [5, 5.41) is 6.38. The fraction of sp³-hybridized carbons (Fsp3) is 0.657. The maximum atomic E-state index is 14.4. The van der Waals surface area contributed by atoms with E-state index in [4.69, 9.17) is 5.73 Å². The number of rotatable bonds is 10. The van der Waals surface area contributed by atoms with Gasteiger partial charge in [0.05, 0.1) is 10.6 Å². The van der Waals surface area contributed by atoms with Crippen LogP contribution in [0.4, 0.5) is 4.79 Å². The number of carbonyl (C=O) groups excluding carboxylic acids is 5. The van der Waals surface area contributed by atoms with Crippen molar-refractivity contribution < 1.29 is 32.4 Å². The van der Waals surface area contributed by atoms with Gasteiger partial charge in [-0.1, -0.05) is 92.9 Å². The largest absolute Gasteiger partial charge is 0.362 e. The average Bonchev–Trinajstić information content (AvgIpc) is 3.43. The summed E-state index contributed by atoms with van der Waals surface area (Å²) in [7, 11) is -5.30. The maximum Gasteiger partial charge on any atom is 0.315 e. The zero-order chi connectivity index (χ0) is 36.9. The molecule has 1 aromatic rings. The molecule has 0 radical (unpaired) electrons. The number of hydrogen-bond acceptors (Lipinski definition) is 7. The molecule has 5 N–H and O–H groups in total. The van der Waals surface area contributed by atoms with Crippen LogP contribution in [0.15, 0.2) is 35.2 Å². The molecule has 3 rings (SSSR count). The predicted molar refractivity (Wildman–Crippen MR) is 193 cm³/mol. The molecule has 2 fully saturated rings. The van der Waals surface area contributed by atoms with Gasteiger partial charge < -0.3 is 21.3 Å². The molecule has 0 aromatic heterocycles. The minimum absolute atomic E-state index is 0.00424. The Morgan fingerprint density at radius 3 is 2.06 bits per heavy atom. The minimum Gasteiger partial charge on any atom is -0.362 e. The van der Waals surface area contributed by atoms with Gasteiger partial charge in [-0.2, -0.15) is 0 Å². The number of primary amides is 1. The third-order valence-corrected chi connectivity index (χ3v) is 12.8. The van der Waals surface area contributed by atoms with Gasteiger partial charge in [-0.3, -0.25) is 23.9 Å². The minimum atomic E-state index is -3.75. The fourth-order valence-corrected chi connectivity index (χ4v) is 9.23. The lowest BCUT2D eigenvalue weighted by Gasteiger charge is -2.37. The third kappa shape index (κ3) is 10.6. The molecule has 0 bridgehead atoms. The first-order valence-electron chi connectivity index (χ1n) is 17.0. The van der Waals surface area contributed by atoms with E-state index in [9.17, 15) is 32.4 Å². The zero-order valence-electron chi connectivity index (χ0n) is 30.1. The van der Waals surface area contributed by atoms with Crippen molar-refractivity contribution in [1.82, 2.24) is 20.3 Å². The van der Waals surface area contributed by atoms with Crippen molar-refractivity contribution in [2.24, 2.45) is 34.3 Å². The summed E-state index contributed by atoms with van der Waals surface area (Å²) in [6.45, 7) is 15.0. The first kappa shape index (κ1) is 40.2. The van der Waals surface area contributed by atoms with Crippen molar-refractivity contribution in [1.29, 1.82) is 0 Å². The van der Waals surface area contributed by atoms with E-state index >= 15 is 0 Å². The van der Waals surface area contributed by atoms with E-state index in [1.807, 2.05) is 34.6 Å². The zero-order valence-corrected chi connectivity index (χ0v) is 31.7. The lowest BCUT2D eigenvalue weighted by atomic mass is 9.84. The highest BCUT2D eigenvalue weighted by atomic mass is 32.2. The quantitative estimate of drug-likeness (QED) is 0.209. The normalized spacial score (nSPS) is 20.6. The predicted octanol–water partition coefficient (Wildman–Crippen LogP) is 3.77. The van der Waals surface area contributed by atoms with Crippen molar-refractivity contribution in [3.63, 3.8) is 0 Å². The average molecular weight is 722 g/mol. The van der Waals surface area contributed by atoms with E-state index in [1.54, 1.807) is 44.3 Å². The molecule has 49 heavy (non-hydrogen) atoms. The van der Waals surface area contributed by atoms with Crippen LogP contribution in [-0.4, -0.2) is 78.0 Å². The van der Waals surface area contributed by atoms with Gasteiger partial charge in [0.15, 0.2) is 9.84 Å². The maximum absolute atomic E-state index is 14.4. The fourth-order valence-electron chi connectivity index (χ4n) is 6.10. The highest BCUT2D eigenvalue weighted by Gasteiger charge is 2.47. The summed E-state index contributed by atoms with van der Waals surface area (Å²) in [4.78, 5) is 68.1. The Labute approximate surface area is 294 Å². The molecule has 1 unspecified atom stereocenters. The smallest absolute Gasteiger partial charge is 0.315 e. The lowest BCUT2D eigenvalue weighted by Crippen LogP contribution is -2.61. The van der Waals surface area contributed by atoms with Crippen molar-refractivity contribution in [2.45, 2.75) is 111 Å². The van der Waals surface area contributed by atoms with Crippen LogP contribution in [0.5, 0.6) is 0 Å². The van der Waals surface area contributed by atoms with Crippen LogP contribution in [0.1, 0.15) is 87.5 Å². The number of urea groups is 1. The molecule has 1 saturated carbocycles. The number of carbonyl (C=O) groups is 5. The SMILES string of the molecule is CC(C)[C@H]1CCN(C(=O)[C@@H](NC(=O)N[C@H](CS(=O)(=O)c2ccccc2)C(C)(C)C)C(C)(C)C)[C@@H]1C(=O)N/S(=C/CC1CCC1)C(=O)C(N)=O. The van der Waals surface area contributed by atoms with Gasteiger partial charge in [0.2, 0.25) is 5.91 Å². The molecule has 1 aromatic carbocycles. The van der Waals surface area contributed by atoms with Gasteiger partial charge in [-0.15, -0.1) is 0 Å². The molecule has 1 saturated heterocycles. The van der Waals surface area contributed by atoms with Crippen LogP contribution in [0, 0.1) is 28.6 Å². The molecule has 14 heteroatoms. The van der Waals surface area contributed by atoms with E-state index in [-0.39, 0.29) is 29.0 Å². The van der Waals surface area contributed by atoms with Crippen LogP contribution in [0.25, 0.3) is 0 Å². The number of hydrogen-bond donors (Lipinski definition) is 4. The first-order chi connectivity index (χ1) is 22.6. The Balaban J connectivity index is 1.86. The molecular formula is C35H55N5O7S2. The van der Waals surface area contributed by atoms with E-state index in [2.05, 4.69) is 15.4 Å². The van der Waals surface area contributed by atoms with Gasteiger partial charge in [0.25, 0.3) is 16.9 Å². The van der Waals surface area contributed by atoms with Gasteiger partial charge in [-0.05, 0) is 69.6 Å². The second-order valence-electron chi connectivity index (χ2n) is 15.8. The Bertz CT molecular complexity index is 1530. The summed E-state index contributed by atoms with van der Waals surface area (Å²) in [6.07, 6.45) is 4.22. The van der Waals surface area contributed by atoms with Crippen molar-refractivity contribution in [3.8, 4) is 0 Å². The van der Waals surface area contributed by atoms with Gasteiger partial charge in [-0.25, -0.2) is 13.2 Å². The molecule has 5 amide bonds. The monoisotopic (exact) mass is 721 g/mol. The molecule has 1 heterocycles. The molecule has 12 nitrogen and oxygen atoms in total. The van der Waals surface area contributed by atoms with Crippen molar-refractivity contribution in [2.75, 3.05) is 12.3 Å². The number of sulfone groups is 1. The summed E-state index contributed by atoms with van der Waals surface area (Å²) >= 11 is 0. The first-order valence-corrected chi connectivity index (χ1v) is 19.9. The lowest BCUT2D eigenvalue weighted by molar-refractivity contribution is -0.142. The van der Waals surface area contributed by atoms with Crippen LogP contribution in [0.2, 0.25) is 0 Å². The molecule has 5 atom stereocenters. The van der Waals surface area contributed by atoms with Gasteiger partial charge >= 0.3 is 6.03 Å². The Hall–Kier alpha value is -3.26. The number of amides is 5. The number of benzene rings is 1. The Morgan fingerprint density at radius 1 is 0.959 bits per heavy atom. The Kier molecular flexibility index (Phi) is 13.3. The summed E-state index contributed by atoms with van der Waals surface area (Å²) < 4.78 is 29.2. The number of likely N-dealkylation sites (tertiary alicyclic amines) is 1. The van der Waals surface area contributed by atoms with E-state index in [0.717, 1.165) is 19.3 Å². The number of nitrogens with two attached hydrogens (primary N) is 1. The van der Waals surface area contributed by atoms with E-state index < -0.39 is 78.3 Å². The topological polar surface area (TPSA) is 185 Å². The van der Waals surface area contributed by atoms with E-state index in [0.29, 0.717) is 18.8 Å². The number of nitrogens with one attached hydrogen (secondary N) is 3. The standard InChI is InChI=1S/C35H55N5O7S2/c1-22(2)25-17-19-40(27(25)30(42)39-48(32(44)29(36)41)20-18-23-13-12-14-23)31(43)28(35(6,7)8)38-33(45)37-26(34(3,4)5)21-49(46,47)24-15-10-9-11-16-24/h9-11,15-16,20,22-23,25-28H,12-14,17-19,21H2,1-8H3,(H2,36,41)(H,39,42)(H2,37,38,45)/t25-,26-,27+,28-,48?/m1/s1. The van der Waals surface area contributed by atoms with Gasteiger partial charge in [0, 0.05) is 12.6 Å². The van der Waals surface area contributed by atoms with Crippen LogP contribution in [-0.2, 0) is 29.0 Å². The molecular weight excluding hydrogens is 667 g/mol. The second kappa shape index (κ2) is 16.2. The van der Waals surface area contributed by atoms with E-state index in [1.165, 1.54) is 17.0 Å². The molecule has 1 aliphatic carbocycles. The van der Waals surface area contributed by atoms with Crippen LogP contribution >= 0.6 is 10.7 Å². The second-order valence-corrected chi connectivity index (χ2v) is 19.4. The van der Waals surface area contributed by atoms with Crippen LogP contribution in [0.3, 0.4) is 0 Å². The van der Waals surface area contributed by atoms with Crippen LogP contribution < -0.4 is 21.1 Å².